The number of benzene rings is 1. The molecular weight excluding hydrogens is 258 g/mol. The number of halogens is 1. The van der Waals surface area contributed by atoms with E-state index in [0.717, 1.165) is 19.6 Å². The van der Waals surface area contributed by atoms with Gasteiger partial charge in [-0.25, -0.2) is 0 Å². The second-order valence-electron chi connectivity index (χ2n) is 6.07. The summed E-state index contributed by atoms with van der Waals surface area (Å²) in [6.07, 6.45) is 1.29. The third-order valence-corrected chi connectivity index (χ3v) is 4.37. The van der Waals surface area contributed by atoms with Crippen LogP contribution in [0.2, 0.25) is 0 Å². The lowest BCUT2D eigenvalue weighted by Crippen LogP contribution is -2.44. The van der Waals surface area contributed by atoms with Crippen LogP contribution in [0.4, 0.5) is 11.4 Å². The minimum absolute atomic E-state index is 0. The van der Waals surface area contributed by atoms with Crippen LogP contribution in [0.5, 0.6) is 0 Å². The Balaban J connectivity index is 0.00000133. The van der Waals surface area contributed by atoms with Gasteiger partial charge in [-0.1, -0.05) is 19.1 Å². The van der Waals surface area contributed by atoms with Crippen molar-refractivity contribution in [2.45, 2.75) is 13.3 Å². The number of nitrogens with one attached hydrogen (secondary N) is 1. The third-order valence-electron chi connectivity index (χ3n) is 4.37. The van der Waals surface area contributed by atoms with Gasteiger partial charge in [-0.05, 0) is 30.5 Å². The molecule has 1 unspecified atom stereocenters. The number of hydrogen-bond acceptors (Lipinski definition) is 3. The van der Waals surface area contributed by atoms with Crippen LogP contribution in [-0.4, -0.2) is 39.8 Å². The highest BCUT2D eigenvalue weighted by atomic mass is 35.5. The van der Waals surface area contributed by atoms with Gasteiger partial charge in [0.15, 0.2) is 0 Å². The molecule has 1 atom stereocenters. The van der Waals surface area contributed by atoms with E-state index >= 15 is 0 Å². The predicted molar refractivity (Wildman–Crippen MR) is 84.8 cm³/mol. The second kappa shape index (κ2) is 5.59. The van der Waals surface area contributed by atoms with Gasteiger partial charge in [0.1, 0.15) is 0 Å². The van der Waals surface area contributed by atoms with Crippen LogP contribution in [0.3, 0.4) is 0 Å². The van der Waals surface area contributed by atoms with Crippen LogP contribution in [0.15, 0.2) is 24.3 Å². The Morgan fingerprint density at radius 2 is 1.95 bits per heavy atom. The van der Waals surface area contributed by atoms with Crippen molar-refractivity contribution in [2.24, 2.45) is 5.41 Å². The number of fused-ring (bicyclic) bond motifs is 1. The third kappa shape index (κ3) is 2.82. The molecule has 106 valence electrons. The maximum Gasteiger partial charge on any atom is 0.0604 e. The van der Waals surface area contributed by atoms with Gasteiger partial charge < -0.3 is 15.1 Å². The van der Waals surface area contributed by atoms with E-state index in [-0.39, 0.29) is 12.4 Å². The molecule has 1 N–H and O–H groups in total. The SMILES string of the molecule is CN1CCN(CC2(C)CCNC2)c2ccccc21.Cl. The zero-order valence-electron chi connectivity index (χ0n) is 11.9. The van der Waals surface area contributed by atoms with Crippen molar-refractivity contribution in [3.63, 3.8) is 0 Å². The molecule has 1 saturated heterocycles. The minimum Gasteiger partial charge on any atom is -0.371 e. The summed E-state index contributed by atoms with van der Waals surface area (Å²) < 4.78 is 0. The number of hydrogen-bond donors (Lipinski definition) is 1. The molecule has 3 rings (SSSR count). The summed E-state index contributed by atoms with van der Waals surface area (Å²) in [6, 6.07) is 8.78. The quantitative estimate of drug-likeness (QED) is 0.898. The van der Waals surface area contributed by atoms with E-state index in [0.29, 0.717) is 5.41 Å². The molecule has 2 heterocycles. The maximum absolute atomic E-state index is 3.50. The van der Waals surface area contributed by atoms with E-state index in [9.17, 15) is 0 Å². The average molecular weight is 282 g/mol. The fourth-order valence-corrected chi connectivity index (χ4v) is 3.19. The standard InChI is InChI=1S/C15H23N3.ClH/c1-15(7-8-16-11-15)12-18-10-9-17(2)13-5-3-4-6-14(13)18;/h3-6,16H,7-12H2,1-2H3;1H. The van der Waals surface area contributed by atoms with E-state index in [1.165, 1.54) is 30.9 Å². The van der Waals surface area contributed by atoms with Crippen LogP contribution in [0.1, 0.15) is 13.3 Å². The van der Waals surface area contributed by atoms with E-state index < -0.39 is 0 Å². The number of para-hydroxylation sites is 2. The average Bonchev–Trinajstić information content (AvgIpc) is 2.80. The van der Waals surface area contributed by atoms with Gasteiger partial charge in [0.05, 0.1) is 11.4 Å². The summed E-state index contributed by atoms with van der Waals surface area (Å²) in [5.41, 5.74) is 3.21. The van der Waals surface area contributed by atoms with Crippen LogP contribution >= 0.6 is 12.4 Å². The van der Waals surface area contributed by atoms with Crippen LogP contribution < -0.4 is 15.1 Å². The van der Waals surface area contributed by atoms with Gasteiger partial charge in [-0.2, -0.15) is 0 Å². The summed E-state index contributed by atoms with van der Waals surface area (Å²) in [6.45, 7) is 8.18. The number of anilines is 2. The highest BCUT2D eigenvalue weighted by Crippen LogP contribution is 2.35. The first-order valence-electron chi connectivity index (χ1n) is 6.94. The first-order valence-corrected chi connectivity index (χ1v) is 6.94. The van der Waals surface area contributed by atoms with Gasteiger partial charge in [0, 0.05) is 33.2 Å². The monoisotopic (exact) mass is 281 g/mol. The van der Waals surface area contributed by atoms with Crippen molar-refractivity contribution in [3.8, 4) is 0 Å². The molecule has 19 heavy (non-hydrogen) atoms. The lowest BCUT2D eigenvalue weighted by atomic mass is 9.88. The van der Waals surface area contributed by atoms with Crippen molar-refractivity contribution in [3.05, 3.63) is 24.3 Å². The molecule has 0 saturated carbocycles. The lowest BCUT2D eigenvalue weighted by molar-refractivity contribution is 0.364. The molecule has 4 heteroatoms. The summed E-state index contributed by atoms with van der Waals surface area (Å²) in [5, 5.41) is 3.50. The zero-order valence-corrected chi connectivity index (χ0v) is 12.7. The topological polar surface area (TPSA) is 18.5 Å². The summed E-state index contributed by atoms with van der Waals surface area (Å²) >= 11 is 0. The first kappa shape index (κ1) is 14.5. The highest BCUT2D eigenvalue weighted by Gasteiger charge is 2.32. The number of likely N-dealkylation sites (N-methyl/N-ethyl adjacent to an activating group) is 1. The van der Waals surface area contributed by atoms with E-state index in [1.54, 1.807) is 0 Å². The maximum atomic E-state index is 3.50. The van der Waals surface area contributed by atoms with E-state index in [1.807, 2.05) is 0 Å². The Morgan fingerprint density at radius 1 is 1.21 bits per heavy atom. The second-order valence-corrected chi connectivity index (χ2v) is 6.07. The van der Waals surface area contributed by atoms with Crippen molar-refractivity contribution in [2.75, 3.05) is 49.6 Å². The van der Waals surface area contributed by atoms with Crippen molar-refractivity contribution >= 4 is 23.8 Å². The summed E-state index contributed by atoms with van der Waals surface area (Å²) in [7, 11) is 2.19. The molecule has 1 fully saturated rings. The van der Waals surface area contributed by atoms with Crippen LogP contribution in [0.25, 0.3) is 0 Å². The van der Waals surface area contributed by atoms with Gasteiger partial charge in [0.25, 0.3) is 0 Å². The smallest absolute Gasteiger partial charge is 0.0604 e. The Kier molecular flexibility index (Phi) is 4.26. The molecule has 0 spiro atoms. The van der Waals surface area contributed by atoms with Gasteiger partial charge >= 0.3 is 0 Å². The fraction of sp³-hybridized carbons (Fsp3) is 0.600. The van der Waals surface area contributed by atoms with Crippen LogP contribution in [-0.2, 0) is 0 Å². The Bertz CT molecular complexity index is 429. The molecule has 1 aromatic rings. The fourth-order valence-electron chi connectivity index (χ4n) is 3.19. The van der Waals surface area contributed by atoms with Crippen molar-refractivity contribution in [1.29, 1.82) is 0 Å². The molecule has 3 nitrogen and oxygen atoms in total. The summed E-state index contributed by atoms with van der Waals surface area (Å²) in [4.78, 5) is 4.93. The Labute approximate surface area is 122 Å². The van der Waals surface area contributed by atoms with Crippen LogP contribution in [0, 0.1) is 5.41 Å². The molecule has 0 radical (unpaired) electrons. The molecule has 2 aliphatic heterocycles. The summed E-state index contributed by atoms with van der Waals surface area (Å²) in [5.74, 6) is 0. The Morgan fingerprint density at radius 3 is 2.63 bits per heavy atom. The molecule has 2 aliphatic rings. The van der Waals surface area contributed by atoms with Gasteiger partial charge in [-0.3, -0.25) is 0 Å². The number of rotatable bonds is 2. The molecule has 0 amide bonds. The highest BCUT2D eigenvalue weighted by molar-refractivity contribution is 5.85. The normalized spacial score (nSPS) is 26.0. The largest absolute Gasteiger partial charge is 0.371 e. The minimum atomic E-state index is 0. The number of nitrogens with zero attached hydrogens (tertiary/aromatic N) is 2. The van der Waals surface area contributed by atoms with Crippen molar-refractivity contribution < 1.29 is 0 Å². The van der Waals surface area contributed by atoms with Gasteiger partial charge in [-0.15, -0.1) is 12.4 Å². The predicted octanol–water partition coefficient (Wildman–Crippen LogP) is 2.36. The van der Waals surface area contributed by atoms with Crippen molar-refractivity contribution in [1.82, 2.24) is 5.32 Å². The molecular formula is C15H24ClN3. The lowest BCUT2D eigenvalue weighted by Gasteiger charge is -2.40. The first-order chi connectivity index (χ1) is 8.68. The molecule has 0 aliphatic carbocycles. The molecule has 0 aromatic heterocycles. The molecule has 0 bridgehead atoms. The van der Waals surface area contributed by atoms with E-state index in [2.05, 4.69) is 53.4 Å². The zero-order chi connectivity index (χ0) is 12.6. The van der Waals surface area contributed by atoms with Gasteiger partial charge in [0.2, 0.25) is 0 Å². The molecule has 1 aromatic carbocycles. The van der Waals surface area contributed by atoms with E-state index in [4.69, 9.17) is 0 Å². The Hall–Kier alpha value is -0.930.